The lowest BCUT2D eigenvalue weighted by Crippen LogP contribution is -2.58. The first-order valence-electron chi connectivity index (χ1n) is 11.0. The van der Waals surface area contributed by atoms with Crippen molar-refractivity contribution < 1.29 is 35.9 Å². The van der Waals surface area contributed by atoms with Gasteiger partial charge in [-0.15, -0.1) is 0 Å². The lowest BCUT2D eigenvalue weighted by Gasteiger charge is -2.42. The maximum Gasteiger partial charge on any atom is 0.416 e. The molecule has 0 aliphatic carbocycles. The van der Waals surface area contributed by atoms with Crippen molar-refractivity contribution in [3.63, 3.8) is 0 Å². The molecule has 0 aromatic heterocycles. The van der Waals surface area contributed by atoms with Crippen molar-refractivity contribution in [1.82, 2.24) is 10.6 Å². The van der Waals surface area contributed by atoms with Crippen molar-refractivity contribution in [3.05, 3.63) is 82.9 Å². The Morgan fingerprint density at radius 2 is 1.60 bits per heavy atom. The average Bonchev–Trinajstić information content (AvgIpc) is 3.18. The van der Waals surface area contributed by atoms with E-state index in [1.807, 2.05) is 42.5 Å². The number of carbonyl (C=O) groups excluding carboxylic acids is 1. The molecule has 2 aromatic carbocycles. The van der Waals surface area contributed by atoms with E-state index in [0.29, 0.717) is 31.5 Å². The van der Waals surface area contributed by atoms with Crippen LogP contribution in [0.4, 0.5) is 26.3 Å². The van der Waals surface area contributed by atoms with Crippen LogP contribution in [0.1, 0.15) is 48.1 Å². The minimum atomic E-state index is -4.94. The van der Waals surface area contributed by atoms with Gasteiger partial charge in [0.05, 0.1) is 34.9 Å². The molecule has 2 aromatic rings. The second kappa shape index (κ2) is 8.98. The number of hydrogen-bond donors (Lipinski definition) is 2. The summed E-state index contributed by atoms with van der Waals surface area (Å²) in [6.07, 6.45) is -6.18. The number of benzene rings is 2. The van der Waals surface area contributed by atoms with Crippen LogP contribution >= 0.6 is 0 Å². The molecule has 1 amide bonds. The molecule has 1 spiro atoms. The van der Waals surface area contributed by atoms with Gasteiger partial charge < -0.3 is 10.1 Å². The number of ether oxygens (including phenoxy) is 1. The van der Waals surface area contributed by atoms with Crippen molar-refractivity contribution in [2.75, 3.05) is 13.2 Å². The van der Waals surface area contributed by atoms with Crippen molar-refractivity contribution in [2.24, 2.45) is 0 Å². The molecule has 188 valence electrons. The van der Waals surface area contributed by atoms with E-state index < -0.39 is 40.7 Å². The largest absolute Gasteiger partial charge is 0.416 e. The van der Waals surface area contributed by atoms with Crippen LogP contribution in [-0.2, 0) is 27.4 Å². The van der Waals surface area contributed by atoms with Gasteiger partial charge in [0.15, 0.2) is 0 Å². The summed E-state index contributed by atoms with van der Waals surface area (Å²) in [7, 11) is 0. The Morgan fingerprint density at radius 3 is 2.09 bits per heavy atom. The zero-order chi connectivity index (χ0) is 25.5. The predicted molar refractivity (Wildman–Crippen MR) is 116 cm³/mol. The van der Waals surface area contributed by atoms with Gasteiger partial charge in [-0.2, -0.15) is 26.3 Å². The Morgan fingerprint density at radius 1 is 0.971 bits per heavy atom. The summed E-state index contributed by atoms with van der Waals surface area (Å²) in [4.78, 5) is 11.8. The van der Waals surface area contributed by atoms with E-state index in [-0.39, 0.29) is 24.1 Å². The molecular weight excluding hydrogens is 474 g/mol. The summed E-state index contributed by atoms with van der Waals surface area (Å²) in [6.45, 7) is 1.75. The Bertz CT molecular complexity index is 1080. The number of nitrogens with one attached hydrogen (secondary N) is 2. The number of amides is 1. The van der Waals surface area contributed by atoms with Crippen molar-refractivity contribution >= 4 is 5.91 Å². The molecule has 0 radical (unpaired) electrons. The molecule has 2 aliphatic heterocycles. The van der Waals surface area contributed by atoms with Gasteiger partial charge in [0.2, 0.25) is 5.91 Å². The highest BCUT2D eigenvalue weighted by molar-refractivity contribution is 5.80. The molecule has 1 unspecified atom stereocenters. The Labute approximate surface area is 198 Å². The van der Waals surface area contributed by atoms with Gasteiger partial charge >= 0.3 is 12.4 Å². The fourth-order valence-corrected chi connectivity index (χ4v) is 4.41. The maximum atomic E-state index is 13.3. The second-order valence-corrected chi connectivity index (χ2v) is 9.02. The predicted octanol–water partition coefficient (Wildman–Crippen LogP) is 5.51. The molecule has 1 saturated heterocycles. The first-order valence-corrected chi connectivity index (χ1v) is 11.0. The highest BCUT2D eigenvalue weighted by atomic mass is 19.4. The molecule has 3 atom stereocenters. The first kappa shape index (κ1) is 25.2. The SMILES string of the molecule is C[C@@H](OC[C@@]1(c2ccccc2)C=CC2(CCC(=O)N2)CN1)c1cc(C(F)(F)F)cc(C(F)(F)F)c1. The van der Waals surface area contributed by atoms with Gasteiger partial charge in [-0.25, -0.2) is 0 Å². The van der Waals surface area contributed by atoms with Crippen LogP contribution in [-0.4, -0.2) is 24.6 Å². The van der Waals surface area contributed by atoms with Crippen LogP contribution in [0.2, 0.25) is 0 Å². The highest BCUT2D eigenvalue weighted by Crippen LogP contribution is 2.39. The van der Waals surface area contributed by atoms with Crippen LogP contribution in [0.25, 0.3) is 0 Å². The molecule has 1 fully saturated rings. The number of halogens is 6. The highest BCUT2D eigenvalue weighted by Gasteiger charge is 2.43. The van der Waals surface area contributed by atoms with Crippen LogP contribution in [0, 0.1) is 0 Å². The fraction of sp³-hybridized carbons (Fsp3) is 0.400. The second-order valence-electron chi connectivity index (χ2n) is 9.02. The third kappa shape index (κ3) is 5.38. The van der Waals surface area contributed by atoms with Crippen LogP contribution in [0.5, 0.6) is 0 Å². The Balaban J connectivity index is 1.62. The fourth-order valence-electron chi connectivity index (χ4n) is 4.41. The molecule has 10 heteroatoms. The Kier molecular flexibility index (Phi) is 6.48. The van der Waals surface area contributed by atoms with E-state index in [9.17, 15) is 31.1 Å². The summed E-state index contributed by atoms with van der Waals surface area (Å²) in [5.74, 6) is -0.0569. The number of alkyl halides is 6. The van der Waals surface area contributed by atoms with Crippen LogP contribution in [0.3, 0.4) is 0 Å². The number of rotatable bonds is 5. The topological polar surface area (TPSA) is 50.4 Å². The lowest BCUT2D eigenvalue weighted by molar-refractivity contribution is -0.143. The van der Waals surface area contributed by atoms with E-state index in [1.165, 1.54) is 6.92 Å². The zero-order valence-corrected chi connectivity index (χ0v) is 18.8. The molecule has 2 aliphatic rings. The Hall–Kier alpha value is -2.85. The van der Waals surface area contributed by atoms with Crippen LogP contribution in [0.15, 0.2) is 60.7 Å². The van der Waals surface area contributed by atoms with Gasteiger partial charge in [-0.1, -0.05) is 42.5 Å². The van der Waals surface area contributed by atoms with Gasteiger partial charge in [-0.05, 0) is 42.7 Å². The summed E-state index contributed by atoms with van der Waals surface area (Å²) in [5, 5.41) is 6.34. The van der Waals surface area contributed by atoms with Gasteiger partial charge in [0, 0.05) is 13.0 Å². The van der Waals surface area contributed by atoms with Gasteiger partial charge in [0.1, 0.15) is 0 Å². The zero-order valence-electron chi connectivity index (χ0n) is 18.8. The van der Waals surface area contributed by atoms with E-state index in [1.54, 1.807) is 0 Å². The lowest BCUT2D eigenvalue weighted by atomic mass is 9.82. The minimum Gasteiger partial charge on any atom is -0.371 e. The normalized spacial score (nSPS) is 25.6. The molecule has 35 heavy (non-hydrogen) atoms. The maximum absolute atomic E-state index is 13.3. The molecule has 2 N–H and O–H groups in total. The summed E-state index contributed by atoms with van der Waals surface area (Å²) in [5.41, 5.74) is -3.61. The third-order valence-corrected chi connectivity index (χ3v) is 6.52. The van der Waals surface area contributed by atoms with Crippen molar-refractivity contribution in [3.8, 4) is 0 Å². The number of hydrogen-bond acceptors (Lipinski definition) is 3. The molecular formula is C25H24F6N2O2. The van der Waals surface area contributed by atoms with Crippen molar-refractivity contribution in [1.29, 1.82) is 0 Å². The first-order chi connectivity index (χ1) is 16.3. The molecule has 4 rings (SSSR count). The van der Waals surface area contributed by atoms with E-state index in [0.717, 1.165) is 5.56 Å². The van der Waals surface area contributed by atoms with Gasteiger partial charge in [0.25, 0.3) is 0 Å². The van der Waals surface area contributed by atoms with Gasteiger partial charge in [-0.3, -0.25) is 10.1 Å². The summed E-state index contributed by atoms with van der Waals surface area (Å²) >= 11 is 0. The van der Waals surface area contributed by atoms with E-state index >= 15 is 0 Å². The average molecular weight is 498 g/mol. The number of carbonyl (C=O) groups is 1. The third-order valence-electron chi connectivity index (χ3n) is 6.52. The summed E-state index contributed by atoms with van der Waals surface area (Å²) in [6, 6.07) is 10.6. The molecule has 4 nitrogen and oxygen atoms in total. The monoisotopic (exact) mass is 498 g/mol. The van der Waals surface area contributed by atoms with Crippen LogP contribution < -0.4 is 10.6 Å². The smallest absolute Gasteiger partial charge is 0.371 e. The van der Waals surface area contributed by atoms with E-state index in [2.05, 4.69) is 10.6 Å². The minimum absolute atomic E-state index is 0.0569. The summed E-state index contributed by atoms with van der Waals surface area (Å²) < 4.78 is 85.5. The molecule has 0 bridgehead atoms. The molecule has 0 saturated carbocycles. The van der Waals surface area contributed by atoms with Crippen molar-refractivity contribution in [2.45, 2.75) is 49.3 Å². The quantitative estimate of drug-likeness (QED) is 0.423. The molecule has 2 heterocycles. The standard InChI is InChI=1S/C25H24F6N2O2/c1-16(17-11-19(24(26,27)28)13-20(12-17)25(29,30)31)35-15-23(18-5-3-2-4-6-18)10-9-22(14-32-23)8-7-21(34)33-22/h2-6,9-13,16,32H,7-8,14-15H2,1H3,(H,33,34)/t16-,22?,23-/m1/s1. The van der Waals surface area contributed by atoms with E-state index in [4.69, 9.17) is 4.74 Å².